The Hall–Kier alpha value is -0.260. The Balaban J connectivity index is 2.73. The van der Waals surface area contributed by atoms with Crippen LogP contribution in [0.4, 0.5) is 0 Å². The number of hydrogen-bond donors (Lipinski definition) is 3. The largest absolute Gasteiger partial charge is 0.391 e. The Kier molecular flexibility index (Phi) is 7.51. The van der Waals surface area contributed by atoms with E-state index >= 15 is 0 Å². The Morgan fingerprint density at radius 2 is 2.10 bits per heavy atom. The van der Waals surface area contributed by atoms with E-state index in [2.05, 4.69) is 26.1 Å². The fraction of sp³-hybridized carbons (Fsp3) is 0.938. The van der Waals surface area contributed by atoms with Crippen LogP contribution >= 0.6 is 11.8 Å². The molecule has 1 amide bonds. The van der Waals surface area contributed by atoms with E-state index in [0.29, 0.717) is 6.42 Å². The van der Waals surface area contributed by atoms with Gasteiger partial charge in [-0.1, -0.05) is 33.6 Å². The minimum atomic E-state index is -0.975. The number of carbonyl (C=O) groups excluding carboxylic acids is 1. The van der Waals surface area contributed by atoms with Gasteiger partial charge >= 0.3 is 0 Å². The second-order valence-corrected chi connectivity index (χ2v) is 7.76. The molecule has 0 aromatic heterocycles. The van der Waals surface area contributed by atoms with Crippen molar-refractivity contribution in [2.45, 2.75) is 71.1 Å². The summed E-state index contributed by atoms with van der Waals surface area (Å²) in [5.74, 6) is 0.668. The molecule has 0 spiro atoms. The maximum atomic E-state index is 12.1. The lowest BCUT2D eigenvalue weighted by atomic mass is 9.66. The highest BCUT2D eigenvalue weighted by molar-refractivity contribution is 7.98. The molecule has 1 aliphatic rings. The Morgan fingerprint density at radius 3 is 2.67 bits per heavy atom. The molecule has 0 unspecified atom stereocenters. The summed E-state index contributed by atoms with van der Waals surface area (Å²) in [5.41, 5.74) is 0.0730. The fourth-order valence-corrected chi connectivity index (χ4v) is 3.59. The van der Waals surface area contributed by atoms with Crippen molar-refractivity contribution in [1.29, 1.82) is 0 Å². The maximum Gasteiger partial charge on any atom is 0.249 e. The number of hydrogen-bond acceptors (Lipinski definition) is 4. The van der Waals surface area contributed by atoms with E-state index in [1.165, 1.54) is 0 Å². The molecule has 124 valence electrons. The van der Waals surface area contributed by atoms with Gasteiger partial charge in [-0.3, -0.25) is 4.79 Å². The van der Waals surface area contributed by atoms with E-state index in [1.807, 2.05) is 6.26 Å². The smallest absolute Gasteiger partial charge is 0.249 e. The van der Waals surface area contributed by atoms with Crippen LogP contribution in [0.15, 0.2) is 0 Å². The van der Waals surface area contributed by atoms with Crippen LogP contribution in [0.1, 0.15) is 52.9 Å². The standard InChI is InChI=1S/C16H31NO3S/c1-5-16(2,3)11-7-6-8-12(18)14(11)17-15(20)13(19)9-10-21-4/h11-14,18-19H,5-10H2,1-4H3,(H,17,20)/t11-,12+,13+,14-/m1/s1. The summed E-state index contributed by atoms with van der Waals surface area (Å²) >= 11 is 1.61. The summed E-state index contributed by atoms with van der Waals surface area (Å²) in [6, 6.07) is -0.245. The third-order valence-electron chi connectivity index (χ3n) is 4.99. The van der Waals surface area contributed by atoms with E-state index < -0.39 is 12.2 Å². The topological polar surface area (TPSA) is 69.6 Å². The SMILES string of the molecule is CCC(C)(C)[C@@H]1CCC[C@H](O)[C@@H]1NC(=O)[C@@H](O)CCSC. The van der Waals surface area contributed by atoms with Gasteiger partial charge in [0.2, 0.25) is 5.91 Å². The van der Waals surface area contributed by atoms with Gasteiger partial charge in [0.25, 0.3) is 0 Å². The highest BCUT2D eigenvalue weighted by Crippen LogP contribution is 2.40. The first-order valence-corrected chi connectivity index (χ1v) is 9.38. The lowest BCUT2D eigenvalue weighted by molar-refractivity contribution is -0.133. The fourth-order valence-electron chi connectivity index (χ4n) is 3.13. The molecule has 1 aliphatic carbocycles. The van der Waals surface area contributed by atoms with Crippen molar-refractivity contribution in [1.82, 2.24) is 5.32 Å². The highest BCUT2D eigenvalue weighted by Gasteiger charge is 2.41. The molecule has 4 atom stereocenters. The van der Waals surface area contributed by atoms with Gasteiger partial charge in [-0.05, 0) is 42.6 Å². The summed E-state index contributed by atoms with van der Waals surface area (Å²) in [4.78, 5) is 12.1. The molecule has 0 aliphatic heterocycles. The molecule has 21 heavy (non-hydrogen) atoms. The molecule has 1 fully saturated rings. The van der Waals surface area contributed by atoms with Crippen molar-refractivity contribution in [2.24, 2.45) is 11.3 Å². The van der Waals surface area contributed by atoms with Crippen LogP contribution in [0.25, 0.3) is 0 Å². The molecule has 0 aromatic rings. The zero-order valence-corrected chi connectivity index (χ0v) is 14.6. The lowest BCUT2D eigenvalue weighted by Gasteiger charge is -2.44. The van der Waals surface area contributed by atoms with Crippen molar-refractivity contribution in [3.63, 3.8) is 0 Å². The molecular formula is C16H31NO3S. The Bertz CT molecular complexity index is 335. The van der Waals surface area contributed by atoms with Crippen molar-refractivity contribution >= 4 is 17.7 Å². The number of carbonyl (C=O) groups is 1. The number of aliphatic hydroxyl groups is 2. The van der Waals surface area contributed by atoms with Gasteiger partial charge in [0.15, 0.2) is 0 Å². The maximum absolute atomic E-state index is 12.1. The number of nitrogens with one attached hydrogen (secondary N) is 1. The molecule has 0 aromatic carbocycles. The Labute approximate surface area is 133 Å². The monoisotopic (exact) mass is 317 g/mol. The minimum absolute atomic E-state index is 0.0730. The summed E-state index contributed by atoms with van der Waals surface area (Å²) in [6.07, 6.45) is 4.67. The van der Waals surface area contributed by atoms with Crippen LogP contribution in [0.5, 0.6) is 0 Å². The van der Waals surface area contributed by atoms with Gasteiger partial charge < -0.3 is 15.5 Å². The third-order valence-corrected chi connectivity index (χ3v) is 5.63. The summed E-state index contributed by atoms with van der Waals surface area (Å²) in [7, 11) is 0. The molecule has 0 heterocycles. The first-order chi connectivity index (χ1) is 9.83. The molecule has 1 rings (SSSR count). The van der Waals surface area contributed by atoms with Crippen molar-refractivity contribution in [2.75, 3.05) is 12.0 Å². The van der Waals surface area contributed by atoms with Crippen molar-refractivity contribution < 1.29 is 15.0 Å². The summed E-state index contributed by atoms with van der Waals surface area (Å²) in [5, 5.41) is 23.1. The average molecular weight is 317 g/mol. The number of rotatable bonds is 7. The Morgan fingerprint density at radius 1 is 1.43 bits per heavy atom. The first-order valence-electron chi connectivity index (χ1n) is 7.99. The minimum Gasteiger partial charge on any atom is -0.391 e. The second kappa shape index (κ2) is 8.39. The van der Waals surface area contributed by atoms with Gasteiger partial charge in [0.1, 0.15) is 6.10 Å². The van der Waals surface area contributed by atoms with Gasteiger partial charge in [-0.2, -0.15) is 11.8 Å². The molecular weight excluding hydrogens is 286 g/mol. The molecule has 0 bridgehead atoms. The molecule has 5 heteroatoms. The molecule has 0 saturated heterocycles. The zero-order valence-electron chi connectivity index (χ0n) is 13.8. The van der Waals surface area contributed by atoms with E-state index in [1.54, 1.807) is 11.8 Å². The molecule has 4 nitrogen and oxygen atoms in total. The van der Waals surface area contributed by atoms with Crippen LogP contribution in [0, 0.1) is 11.3 Å². The number of aliphatic hydroxyl groups excluding tert-OH is 2. The van der Waals surface area contributed by atoms with Crippen LogP contribution in [0.3, 0.4) is 0 Å². The summed E-state index contributed by atoms with van der Waals surface area (Å²) in [6.45, 7) is 6.53. The lowest BCUT2D eigenvalue weighted by Crippen LogP contribution is -2.56. The van der Waals surface area contributed by atoms with Gasteiger partial charge in [-0.15, -0.1) is 0 Å². The quantitative estimate of drug-likeness (QED) is 0.673. The second-order valence-electron chi connectivity index (χ2n) is 6.78. The van der Waals surface area contributed by atoms with Crippen LogP contribution in [-0.2, 0) is 4.79 Å². The zero-order chi connectivity index (χ0) is 16.0. The average Bonchev–Trinajstić information content (AvgIpc) is 2.46. The predicted octanol–water partition coefficient (Wildman–Crippen LogP) is 2.18. The van der Waals surface area contributed by atoms with Gasteiger partial charge in [-0.25, -0.2) is 0 Å². The van der Waals surface area contributed by atoms with Crippen LogP contribution in [-0.4, -0.2) is 46.4 Å². The third kappa shape index (κ3) is 5.15. The first kappa shape index (κ1) is 18.8. The molecule has 1 saturated carbocycles. The normalized spacial score (nSPS) is 28.2. The van der Waals surface area contributed by atoms with Gasteiger partial charge in [0, 0.05) is 0 Å². The highest BCUT2D eigenvalue weighted by atomic mass is 32.2. The van der Waals surface area contributed by atoms with Crippen molar-refractivity contribution in [3.8, 4) is 0 Å². The number of thioether (sulfide) groups is 1. The van der Waals surface area contributed by atoms with Crippen LogP contribution < -0.4 is 5.32 Å². The van der Waals surface area contributed by atoms with E-state index in [0.717, 1.165) is 31.4 Å². The molecule has 0 radical (unpaired) electrons. The van der Waals surface area contributed by atoms with E-state index in [9.17, 15) is 15.0 Å². The number of amides is 1. The van der Waals surface area contributed by atoms with Gasteiger partial charge in [0.05, 0.1) is 12.1 Å². The van der Waals surface area contributed by atoms with Crippen LogP contribution in [0.2, 0.25) is 0 Å². The summed E-state index contributed by atoms with van der Waals surface area (Å²) < 4.78 is 0. The van der Waals surface area contributed by atoms with E-state index in [-0.39, 0.29) is 23.3 Å². The van der Waals surface area contributed by atoms with Crippen molar-refractivity contribution in [3.05, 3.63) is 0 Å². The predicted molar refractivity (Wildman–Crippen MR) is 88.4 cm³/mol. The molecule has 3 N–H and O–H groups in total. The van der Waals surface area contributed by atoms with E-state index in [4.69, 9.17) is 0 Å².